The second-order valence-electron chi connectivity index (χ2n) is 9.40. The summed E-state index contributed by atoms with van der Waals surface area (Å²) >= 11 is 0. The first-order valence-corrected chi connectivity index (χ1v) is 14.3. The summed E-state index contributed by atoms with van der Waals surface area (Å²) < 4.78 is 30.0. The predicted molar refractivity (Wildman–Crippen MR) is 155 cm³/mol. The number of nitrogens with zero attached hydrogens (tertiary/aromatic N) is 6. The van der Waals surface area contributed by atoms with Gasteiger partial charge in [-0.1, -0.05) is 73.7 Å². The van der Waals surface area contributed by atoms with Gasteiger partial charge < -0.3 is 4.57 Å². The molecular weight excluding hydrogens is 522 g/mol. The molecule has 0 radical (unpaired) electrons. The molecule has 0 spiro atoms. The van der Waals surface area contributed by atoms with Crippen LogP contribution in [0.2, 0.25) is 0 Å². The molecular formula is C30H27N7O2S. The lowest BCUT2D eigenvalue weighted by atomic mass is 9.98. The average molecular weight is 550 g/mol. The molecule has 2 aromatic heterocycles. The number of aromatic amines is 1. The Labute approximate surface area is 232 Å². The van der Waals surface area contributed by atoms with Crippen molar-refractivity contribution in [3.63, 3.8) is 0 Å². The van der Waals surface area contributed by atoms with Gasteiger partial charge in [-0.2, -0.15) is 5.21 Å². The Morgan fingerprint density at radius 3 is 2.30 bits per heavy atom. The fraction of sp³-hybridized carbons (Fsp3) is 0.133. The normalized spacial score (nSPS) is 11.7. The van der Waals surface area contributed by atoms with Crippen LogP contribution in [0.4, 0.5) is 5.69 Å². The standard InChI is InChI=1S/C30H27N7O2S/c1-3-29-31-27-18-17-23(36(2)40(38,39)24-9-5-4-6-10-24)19-28(27)37(29)20-21-13-15-22(16-14-21)25-11-7-8-12-26(25)30-32-34-35-33-30/h4-19H,3,20H2,1-2H3,(H,32,33,34,35). The van der Waals surface area contributed by atoms with Crippen molar-refractivity contribution in [3.05, 3.63) is 108 Å². The van der Waals surface area contributed by atoms with E-state index in [1.54, 1.807) is 43.4 Å². The molecule has 0 saturated carbocycles. The van der Waals surface area contributed by atoms with E-state index in [9.17, 15) is 8.42 Å². The number of H-pyrrole nitrogens is 1. The lowest BCUT2D eigenvalue weighted by molar-refractivity contribution is 0.594. The van der Waals surface area contributed by atoms with Gasteiger partial charge in [-0.25, -0.2) is 13.4 Å². The number of rotatable bonds is 8. The molecule has 0 fully saturated rings. The molecule has 0 aliphatic carbocycles. The Morgan fingerprint density at radius 2 is 1.60 bits per heavy atom. The van der Waals surface area contributed by atoms with Crippen LogP contribution in [-0.4, -0.2) is 45.6 Å². The highest BCUT2D eigenvalue weighted by molar-refractivity contribution is 7.92. The highest BCUT2D eigenvalue weighted by atomic mass is 32.2. The van der Waals surface area contributed by atoms with E-state index in [1.165, 1.54) is 4.31 Å². The van der Waals surface area contributed by atoms with Crippen molar-refractivity contribution in [1.82, 2.24) is 30.2 Å². The summed E-state index contributed by atoms with van der Waals surface area (Å²) in [6, 6.07) is 30.4. The summed E-state index contributed by atoms with van der Waals surface area (Å²) in [5.74, 6) is 1.49. The lowest BCUT2D eigenvalue weighted by Crippen LogP contribution is -2.26. The van der Waals surface area contributed by atoms with Crippen LogP contribution in [-0.2, 0) is 23.0 Å². The summed E-state index contributed by atoms with van der Waals surface area (Å²) in [5.41, 5.74) is 6.36. The van der Waals surface area contributed by atoms with Crippen molar-refractivity contribution in [2.24, 2.45) is 0 Å². The second-order valence-corrected chi connectivity index (χ2v) is 11.4. The van der Waals surface area contributed by atoms with Crippen LogP contribution in [0.25, 0.3) is 33.5 Å². The zero-order chi connectivity index (χ0) is 27.7. The molecule has 0 aliphatic heterocycles. The molecule has 200 valence electrons. The highest BCUT2D eigenvalue weighted by Crippen LogP contribution is 2.31. The third-order valence-electron chi connectivity index (χ3n) is 7.01. The van der Waals surface area contributed by atoms with Crippen molar-refractivity contribution in [1.29, 1.82) is 0 Å². The SMILES string of the molecule is CCc1nc2ccc(N(C)S(=O)(=O)c3ccccc3)cc2n1Cc1ccc(-c2ccccc2-c2nn[nH]n2)cc1. The maximum absolute atomic E-state index is 13.2. The van der Waals surface area contributed by atoms with Gasteiger partial charge in [-0.15, -0.1) is 10.2 Å². The van der Waals surface area contributed by atoms with E-state index >= 15 is 0 Å². The van der Waals surface area contributed by atoms with Crippen molar-refractivity contribution in [2.45, 2.75) is 24.8 Å². The second kappa shape index (κ2) is 10.4. The molecule has 1 N–H and O–H groups in total. The van der Waals surface area contributed by atoms with Gasteiger partial charge in [0.15, 0.2) is 0 Å². The van der Waals surface area contributed by atoms with Crippen LogP contribution < -0.4 is 4.31 Å². The first-order valence-electron chi connectivity index (χ1n) is 12.9. The number of fused-ring (bicyclic) bond motifs is 1. The van der Waals surface area contributed by atoms with Crippen LogP contribution in [0.1, 0.15) is 18.3 Å². The van der Waals surface area contributed by atoms with Gasteiger partial charge in [-0.3, -0.25) is 4.31 Å². The van der Waals surface area contributed by atoms with Crippen molar-refractivity contribution in [3.8, 4) is 22.5 Å². The van der Waals surface area contributed by atoms with Gasteiger partial charge in [0.05, 0.1) is 21.6 Å². The Hall–Kier alpha value is -4.83. The Morgan fingerprint density at radius 1 is 0.875 bits per heavy atom. The molecule has 2 heterocycles. The quantitative estimate of drug-likeness (QED) is 0.275. The van der Waals surface area contributed by atoms with E-state index in [4.69, 9.17) is 4.98 Å². The first-order chi connectivity index (χ1) is 19.5. The van der Waals surface area contributed by atoms with Crippen LogP contribution >= 0.6 is 0 Å². The third kappa shape index (κ3) is 4.62. The van der Waals surface area contributed by atoms with E-state index in [0.717, 1.165) is 45.5 Å². The molecule has 40 heavy (non-hydrogen) atoms. The number of sulfonamides is 1. The zero-order valence-corrected chi connectivity index (χ0v) is 22.9. The van der Waals surface area contributed by atoms with Gasteiger partial charge in [-0.05, 0) is 52.2 Å². The molecule has 0 saturated heterocycles. The number of benzene rings is 4. The predicted octanol–water partition coefficient (Wildman–Crippen LogP) is 5.32. The minimum absolute atomic E-state index is 0.251. The molecule has 9 nitrogen and oxygen atoms in total. The molecule has 4 aromatic carbocycles. The number of imidazole rings is 1. The fourth-order valence-electron chi connectivity index (χ4n) is 4.87. The maximum Gasteiger partial charge on any atom is 0.264 e. The summed E-state index contributed by atoms with van der Waals surface area (Å²) in [7, 11) is -2.11. The number of aryl methyl sites for hydroxylation is 1. The Bertz CT molecular complexity index is 1880. The van der Waals surface area contributed by atoms with Crippen molar-refractivity contribution in [2.75, 3.05) is 11.4 Å². The van der Waals surface area contributed by atoms with Crippen LogP contribution in [0, 0.1) is 0 Å². The summed E-state index contributed by atoms with van der Waals surface area (Å²) in [5, 5.41) is 14.5. The number of nitrogens with one attached hydrogen (secondary N) is 1. The fourth-order valence-corrected chi connectivity index (χ4v) is 6.08. The molecule has 0 amide bonds. The number of aromatic nitrogens is 6. The van der Waals surface area contributed by atoms with Crippen molar-refractivity contribution >= 4 is 26.7 Å². The Kier molecular flexibility index (Phi) is 6.61. The monoisotopic (exact) mass is 549 g/mol. The van der Waals surface area contributed by atoms with E-state index in [-0.39, 0.29) is 4.90 Å². The number of anilines is 1. The third-order valence-corrected chi connectivity index (χ3v) is 8.81. The summed E-state index contributed by atoms with van der Waals surface area (Å²) in [4.78, 5) is 5.08. The smallest absolute Gasteiger partial charge is 0.264 e. The van der Waals surface area contributed by atoms with E-state index in [2.05, 4.69) is 56.4 Å². The van der Waals surface area contributed by atoms with Gasteiger partial charge >= 0.3 is 0 Å². The van der Waals surface area contributed by atoms with E-state index in [0.29, 0.717) is 18.1 Å². The topological polar surface area (TPSA) is 110 Å². The number of hydrogen-bond acceptors (Lipinski definition) is 6. The maximum atomic E-state index is 13.2. The van der Waals surface area contributed by atoms with Crippen LogP contribution in [0.15, 0.2) is 102 Å². The van der Waals surface area contributed by atoms with Crippen molar-refractivity contribution < 1.29 is 8.42 Å². The molecule has 0 unspecified atom stereocenters. The molecule has 0 bridgehead atoms. The Balaban J connectivity index is 1.33. The molecule has 0 aliphatic rings. The van der Waals surface area contributed by atoms with Crippen LogP contribution in [0.5, 0.6) is 0 Å². The van der Waals surface area contributed by atoms with Gasteiger partial charge in [0, 0.05) is 25.6 Å². The molecule has 6 rings (SSSR count). The average Bonchev–Trinajstić information content (AvgIpc) is 3.66. The number of tetrazole rings is 1. The summed E-state index contributed by atoms with van der Waals surface area (Å²) in [6.45, 7) is 2.67. The molecule has 10 heteroatoms. The van der Waals surface area contributed by atoms with E-state index in [1.807, 2.05) is 36.4 Å². The molecule has 0 atom stereocenters. The van der Waals surface area contributed by atoms with Crippen LogP contribution in [0.3, 0.4) is 0 Å². The van der Waals surface area contributed by atoms with Gasteiger partial charge in [0.25, 0.3) is 10.0 Å². The van der Waals surface area contributed by atoms with E-state index < -0.39 is 10.0 Å². The minimum Gasteiger partial charge on any atom is -0.323 e. The zero-order valence-electron chi connectivity index (χ0n) is 22.1. The highest BCUT2D eigenvalue weighted by Gasteiger charge is 2.22. The minimum atomic E-state index is -3.69. The lowest BCUT2D eigenvalue weighted by Gasteiger charge is -2.20. The largest absolute Gasteiger partial charge is 0.323 e. The first kappa shape index (κ1) is 25.4. The van der Waals surface area contributed by atoms with Gasteiger partial charge in [0.2, 0.25) is 5.82 Å². The molecule has 6 aromatic rings. The summed E-state index contributed by atoms with van der Waals surface area (Å²) in [6.07, 6.45) is 0.748. The van der Waals surface area contributed by atoms with Gasteiger partial charge in [0.1, 0.15) is 5.82 Å². The number of hydrogen-bond donors (Lipinski definition) is 1.